The van der Waals surface area contributed by atoms with Crippen LogP contribution in [0, 0.1) is 12.8 Å². The zero-order valence-corrected chi connectivity index (χ0v) is 29.5. The summed E-state index contributed by atoms with van der Waals surface area (Å²) in [5, 5.41) is 10.9. The van der Waals surface area contributed by atoms with E-state index in [-0.39, 0.29) is 29.4 Å². The molecule has 2 N–H and O–H groups in total. The standard InChI is InChI=1S/C39H47N5O5/c1-24-11-13-28(14-12-24)44-35(23-34(42-44)39(2,3)4)41-38(46)40-27-10-8-9-25(18-27)17-26-19-29-15-16-30(20-26)43(29)37(45)36-32(48-6)21-31(47-5)22-33(36)49-7/h8-14,18,21-23,26,29-30H,15-17,19-20H2,1-7H3,(H2,40,41,46). The molecule has 2 unspecified atom stereocenters. The first-order valence-electron chi connectivity index (χ1n) is 16.9. The Morgan fingerprint density at radius 3 is 2.10 bits per heavy atom. The third-order valence-corrected chi connectivity index (χ3v) is 9.70. The number of benzene rings is 3. The number of hydrogen-bond donors (Lipinski definition) is 2. The van der Waals surface area contributed by atoms with Gasteiger partial charge in [-0.2, -0.15) is 5.10 Å². The molecule has 4 aromatic rings. The summed E-state index contributed by atoms with van der Waals surface area (Å²) in [5.41, 5.74) is 5.05. The van der Waals surface area contributed by atoms with Gasteiger partial charge in [-0.05, 0) is 74.8 Å². The van der Waals surface area contributed by atoms with Crippen molar-refractivity contribution in [3.63, 3.8) is 0 Å². The Kier molecular flexibility index (Phi) is 9.59. The Morgan fingerprint density at radius 2 is 1.51 bits per heavy atom. The zero-order valence-electron chi connectivity index (χ0n) is 29.5. The van der Waals surface area contributed by atoms with Crippen LogP contribution >= 0.6 is 0 Å². The number of urea groups is 1. The minimum atomic E-state index is -0.333. The molecule has 0 saturated carbocycles. The van der Waals surface area contributed by atoms with Crippen LogP contribution in [0.3, 0.4) is 0 Å². The SMILES string of the molecule is COc1cc(OC)c(C(=O)N2C3CCC2CC(Cc2cccc(NC(=O)Nc4cc(C(C)(C)C)nn4-c4ccc(C)cc4)c2)C3)c(OC)c1. The third-order valence-electron chi connectivity index (χ3n) is 9.70. The number of carbonyl (C=O) groups is 2. The number of aromatic nitrogens is 2. The minimum absolute atomic E-state index is 0.0575. The normalized spacial score (nSPS) is 18.6. The van der Waals surface area contributed by atoms with E-state index in [0.29, 0.717) is 34.5 Å². The van der Waals surface area contributed by atoms with Crippen LogP contribution in [0.25, 0.3) is 5.69 Å². The Balaban J connectivity index is 1.12. The lowest BCUT2D eigenvalue weighted by atomic mass is 9.85. The van der Waals surface area contributed by atoms with Crippen molar-refractivity contribution in [3.8, 4) is 22.9 Å². The van der Waals surface area contributed by atoms with Crippen molar-refractivity contribution >= 4 is 23.4 Å². The highest BCUT2D eigenvalue weighted by Crippen LogP contribution is 2.43. The number of anilines is 2. The molecule has 0 radical (unpaired) electrons. The van der Waals surface area contributed by atoms with E-state index in [4.69, 9.17) is 19.3 Å². The van der Waals surface area contributed by atoms with Gasteiger partial charge >= 0.3 is 6.03 Å². The first-order valence-corrected chi connectivity index (χ1v) is 16.9. The second-order valence-electron chi connectivity index (χ2n) is 14.2. The summed E-state index contributed by atoms with van der Waals surface area (Å²) in [4.78, 5) is 29.3. The van der Waals surface area contributed by atoms with Crippen LogP contribution in [0.1, 0.15) is 73.6 Å². The predicted octanol–water partition coefficient (Wildman–Crippen LogP) is 7.77. The van der Waals surface area contributed by atoms with E-state index in [2.05, 4.69) is 42.4 Å². The molecule has 0 aliphatic carbocycles. The van der Waals surface area contributed by atoms with E-state index in [1.807, 2.05) is 55.5 Å². The molecular formula is C39H47N5O5. The molecule has 49 heavy (non-hydrogen) atoms. The maximum atomic E-state index is 14.0. The maximum Gasteiger partial charge on any atom is 0.324 e. The Morgan fingerprint density at radius 1 is 0.857 bits per heavy atom. The van der Waals surface area contributed by atoms with Crippen LogP contribution in [0.15, 0.2) is 66.7 Å². The molecule has 0 spiro atoms. The molecule has 2 aliphatic rings. The summed E-state index contributed by atoms with van der Waals surface area (Å²) in [6.07, 6.45) is 4.66. The number of amides is 3. The average Bonchev–Trinajstić information content (AvgIpc) is 3.62. The summed E-state index contributed by atoms with van der Waals surface area (Å²) >= 11 is 0. The topological polar surface area (TPSA) is 107 Å². The van der Waals surface area contributed by atoms with E-state index in [1.54, 1.807) is 38.1 Å². The fraction of sp³-hybridized carbons (Fsp3) is 0.410. The van der Waals surface area contributed by atoms with Crippen molar-refractivity contribution in [3.05, 3.63) is 89.1 Å². The van der Waals surface area contributed by atoms with Gasteiger partial charge in [-0.15, -0.1) is 0 Å². The van der Waals surface area contributed by atoms with Gasteiger partial charge in [-0.1, -0.05) is 50.6 Å². The number of piperidine rings is 1. The van der Waals surface area contributed by atoms with Crippen LogP contribution in [-0.2, 0) is 11.8 Å². The molecule has 2 bridgehead atoms. The molecule has 10 heteroatoms. The Bertz CT molecular complexity index is 1790. The van der Waals surface area contributed by atoms with Gasteiger partial charge in [0, 0.05) is 41.4 Å². The number of hydrogen-bond acceptors (Lipinski definition) is 6. The minimum Gasteiger partial charge on any atom is -0.496 e. The van der Waals surface area contributed by atoms with Gasteiger partial charge in [0.05, 0.1) is 32.7 Å². The van der Waals surface area contributed by atoms with Gasteiger partial charge in [0.15, 0.2) is 0 Å². The first kappa shape index (κ1) is 33.9. The number of nitrogens with zero attached hydrogens (tertiary/aromatic N) is 3. The van der Waals surface area contributed by atoms with Crippen molar-refractivity contribution in [1.29, 1.82) is 0 Å². The molecule has 2 saturated heterocycles. The number of rotatable bonds is 9. The van der Waals surface area contributed by atoms with E-state index in [1.165, 1.54) is 0 Å². The number of carbonyl (C=O) groups excluding carboxylic acids is 2. The van der Waals surface area contributed by atoms with E-state index >= 15 is 0 Å². The van der Waals surface area contributed by atoms with Crippen LogP contribution < -0.4 is 24.8 Å². The van der Waals surface area contributed by atoms with Gasteiger partial charge in [-0.25, -0.2) is 9.48 Å². The molecule has 3 heterocycles. The molecule has 1 aromatic heterocycles. The fourth-order valence-electron chi connectivity index (χ4n) is 7.24. The molecule has 2 atom stereocenters. The molecule has 10 nitrogen and oxygen atoms in total. The highest BCUT2D eigenvalue weighted by Gasteiger charge is 2.44. The summed E-state index contributed by atoms with van der Waals surface area (Å²) in [6.45, 7) is 8.35. The fourth-order valence-corrected chi connectivity index (χ4v) is 7.24. The van der Waals surface area contributed by atoms with Crippen LogP contribution in [0.4, 0.5) is 16.3 Å². The van der Waals surface area contributed by atoms with Gasteiger partial charge in [0.2, 0.25) is 0 Å². The van der Waals surface area contributed by atoms with E-state index in [0.717, 1.165) is 60.3 Å². The maximum absolute atomic E-state index is 14.0. The second kappa shape index (κ2) is 13.9. The van der Waals surface area contributed by atoms with E-state index in [9.17, 15) is 9.59 Å². The van der Waals surface area contributed by atoms with Gasteiger partial charge in [0.25, 0.3) is 5.91 Å². The molecular weight excluding hydrogens is 618 g/mol. The van der Waals surface area contributed by atoms with Gasteiger partial charge in [-0.3, -0.25) is 10.1 Å². The summed E-state index contributed by atoms with van der Waals surface area (Å²) in [5.74, 6) is 2.44. The summed E-state index contributed by atoms with van der Waals surface area (Å²) in [7, 11) is 4.69. The number of ether oxygens (including phenoxy) is 3. The Labute approximate surface area is 288 Å². The zero-order chi connectivity index (χ0) is 34.9. The largest absolute Gasteiger partial charge is 0.496 e. The van der Waals surface area contributed by atoms with Gasteiger partial charge < -0.3 is 24.4 Å². The summed E-state index contributed by atoms with van der Waals surface area (Å²) in [6, 6.07) is 21.5. The smallest absolute Gasteiger partial charge is 0.324 e. The molecule has 3 amide bonds. The van der Waals surface area contributed by atoms with Crippen molar-refractivity contribution < 1.29 is 23.8 Å². The van der Waals surface area contributed by atoms with Crippen molar-refractivity contribution in [2.24, 2.45) is 5.92 Å². The van der Waals surface area contributed by atoms with Gasteiger partial charge in [0.1, 0.15) is 28.6 Å². The monoisotopic (exact) mass is 665 g/mol. The second-order valence-corrected chi connectivity index (χ2v) is 14.2. The lowest BCUT2D eigenvalue weighted by Crippen LogP contribution is -2.47. The van der Waals surface area contributed by atoms with Crippen LogP contribution in [-0.4, -0.2) is 60.0 Å². The van der Waals surface area contributed by atoms with Crippen LogP contribution in [0.2, 0.25) is 0 Å². The van der Waals surface area contributed by atoms with Crippen molar-refractivity contribution in [2.45, 2.75) is 77.3 Å². The lowest BCUT2D eigenvalue weighted by Gasteiger charge is -2.39. The number of methoxy groups -OCH3 is 3. The quantitative estimate of drug-likeness (QED) is 0.189. The molecule has 258 valence electrons. The molecule has 2 fully saturated rings. The number of nitrogens with one attached hydrogen (secondary N) is 2. The van der Waals surface area contributed by atoms with Crippen molar-refractivity contribution in [2.75, 3.05) is 32.0 Å². The van der Waals surface area contributed by atoms with Crippen molar-refractivity contribution in [1.82, 2.24) is 14.7 Å². The molecule has 2 aliphatic heterocycles. The highest BCUT2D eigenvalue weighted by atomic mass is 16.5. The lowest BCUT2D eigenvalue weighted by molar-refractivity contribution is 0.0518. The predicted molar refractivity (Wildman–Crippen MR) is 192 cm³/mol. The molecule has 6 rings (SSSR count). The molecule has 3 aromatic carbocycles. The van der Waals surface area contributed by atoms with E-state index < -0.39 is 0 Å². The number of fused-ring (bicyclic) bond motifs is 2. The third kappa shape index (κ3) is 7.23. The Hall–Kier alpha value is -4.99. The first-order chi connectivity index (χ1) is 23.5. The average molecular weight is 666 g/mol. The van der Waals surface area contributed by atoms with Crippen LogP contribution in [0.5, 0.6) is 17.2 Å². The summed E-state index contributed by atoms with van der Waals surface area (Å²) < 4.78 is 18.4. The number of aryl methyl sites for hydroxylation is 1. The highest BCUT2D eigenvalue weighted by molar-refractivity contribution is 6.01.